The summed E-state index contributed by atoms with van der Waals surface area (Å²) in [5.41, 5.74) is 1.04. The van der Waals surface area contributed by atoms with Crippen molar-refractivity contribution in [1.29, 1.82) is 0 Å². The molecule has 6 nitrogen and oxygen atoms in total. The van der Waals surface area contributed by atoms with E-state index >= 15 is 0 Å². The summed E-state index contributed by atoms with van der Waals surface area (Å²) < 4.78 is 29.2. The molecule has 0 aliphatic heterocycles. The molecule has 0 unspecified atom stereocenters. The second-order valence-corrected chi connectivity index (χ2v) is 5.14. The number of urea groups is 1. The molecule has 0 heterocycles. The van der Waals surface area contributed by atoms with E-state index in [9.17, 15) is 9.18 Å². The fraction of sp³-hybridized carbons (Fsp3) is 0.278. The van der Waals surface area contributed by atoms with Gasteiger partial charge in [0.25, 0.3) is 0 Å². The van der Waals surface area contributed by atoms with Crippen molar-refractivity contribution in [2.24, 2.45) is 0 Å². The van der Waals surface area contributed by atoms with Gasteiger partial charge in [-0.1, -0.05) is 18.2 Å². The van der Waals surface area contributed by atoms with E-state index in [2.05, 4.69) is 10.6 Å². The number of hydrogen-bond donors (Lipinski definition) is 2. The minimum absolute atomic E-state index is 0.283. The van der Waals surface area contributed by atoms with Crippen LogP contribution >= 0.6 is 0 Å². The molecule has 0 aliphatic carbocycles. The largest absolute Gasteiger partial charge is 0.493 e. The monoisotopic (exact) mass is 348 g/mol. The minimum Gasteiger partial charge on any atom is -0.493 e. The van der Waals surface area contributed by atoms with E-state index in [1.54, 1.807) is 30.3 Å². The Bertz CT molecular complexity index is 712. The summed E-state index contributed by atoms with van der Waals surface area (Å²) in [7, 11) is 4.49. The summed E-state index contributed by atoms with van der Waals surface area (Å²) in [6.07, 6.45) is 0.398. The molecule has 0 aromatic heterocycles. The number of halogens is 1. The Morgan fingerprint density at radius 3 is 2.24 bits per heavy atom. The summed E-state index contributed by atoms with van der Waals surface area (Å²) in [6.45, 7) is 0.303. The molecule has 0 saturated heterocycles. The van der Waals surface area contributed by atoms with Gasteiger partial charge in [0.05, 0.1) is 27.0 Å². The number of carbonyl (C=O) groups is 1. The van der Waals surface area contributed by atoms with E-state index in [1.807, 2.05) is 0 Å². The molecule has 7 heteroatoms. The van der Waals surface area contributed by atoms with Crippen LogP contribution in [0, 0.1) is 5.82 Å². The van der Waals surface area contributed by atoms with Gasteiger partial charge in [-0.25, -0.2) is 9.18 Å². The van der Waals surface area contributed by atoms with Crippen molar-refractivity contribution in [1.82, 2.24) is 5.32 Å². The Hall–Kier alpha value is -2.96. The average molecular weight is 348 g/mol. The van der Waals surface area contributed by atoms with Gasteiger partial charge >= 0.3 is 6.03 Å². The van der Waals surface area contributed by atoms with Gasteiger partial charge in [0.1, 0.15) is 5.82 Å². The Balaban J connectivity index is 1.97. The fourth-order valence-electron chi connectivity index (χ4n) is 2.34. The van der Waals surface area contributed by atoms with E-state index in [1.165, 1.54) is 27.4 Å². The number of anilines is 1. The van der Waals surface area contributed by atoms with E-state index in [-0.39, 0.29) is 5.82 Å². The highest BCUT2D eigenvalue weighted by Crippen LogP contribution is 2.39. The zero-order chi connectivity index (χ0) is 18.2. The van der Waals surface area contributed by atoms with Crippen LogP contribution in [-0.2, 0) is 6.42 Å². The number of hydrogen-bond acceptors (Lipinski definition) is 4. The smallest absolute Gasteiger partial charge is 0.319 e. The first-order valence-electron chi connectivity index (χ1n) is 7.67. The SMILES string of the molecule is COc1cc(NC(=O)NCCc2ccccc2F)cc(OC)c1OC. The lowest BCUT2D eigenvalue weighted by Crippen LogP contribution is -2.30. The highest BCUT2D eigenvalue weighted by atomic mass is 19.1. The highest BCUT2D eigenvalue weighted by Gasteiger charge is 2.14. The van der Waals surface area contributed by atoms with Gasteiger partial charge in [-0.3, -0.25) is 0 Å². The predicted octanol–water partition coefficient (Wildman–Crippen LogP) is 3.22. The fourth-order valence-corrected chi connectivity index (χ4v) is 2.34. The topological polar surface area (TPSA) is 68.8 Å². The predicted molar refractivity (Wildman–Crippen MR) is 93.2 cm³/mol. The lowest BCUT2D eigenvalue weighted by molar-refractivity contribution is 0.252. The zero-order valence-electron chi connectivity index (χ0n) is 14.4. The molecule has 0 bridgehead atoms. The van der Waals surface area contributed by atoms with Crippen molar-refractivity contribution in [2.45, 2.75) is 6.42 Å². The molecule has 0 spiro atoms. The highest BCUT2D eigenvalue weighted by molar-refractivity contribution is 5.90. The molecule has 2 amide bonds. The van der Waals surface area contributed by atoms with E-state index < -0.39 is 6.03 Å². The first-order chi connectivity index (χ1) is 12.1. The second-order valence-electron chi connectivity index (χ2n) is 5.14. The molecule has 25 heavy (non-hydrogen) atoms. The van der Waals surface area contributed by atoms with Crippen molar-refractivity contribution in [3.63, 3.8) is 0 Å². The van der Waals surface area contributed by atoms with Crippen LogP contribution in [0.2, 0.25) is 0 Å². The third-order valence-corrected chi connectivity index (χ3v) is 3.56. The molecule has 2 rings (SSSR count). The molecule has 0 atom stereocenters. The maximum Gasteiger partial charge on any atom is 0.319 e. The summed E-state index contributed by atoms with van der Waals surface area (Å²) in [5.74, 6) is 1.02. The molecular weight excluding hydrogens is 327 g/mol. The molecule has 134 valence electrons. The van der Waals surface area contributed by atoms with Crippen LogP contribution in [-0.4, -0.2) is 33.9 Å². The van der Waals surface area contributed by atoms with E-state index in [0.29, 0.717) is 41.5 Å². The summed E-state index contributed by atoms with van der Waals surface area (Å²) in [5, 5.41) is 5.37. The van der Waals surface area contributed by atoms with Crippen molar-refractivity contribution < 1.29 is 23.4 Å². The minimum atomic E-state index is -0.411. The number of methoxy groups -OCH3 is 3. The van der Waals surface area contributed by atoms with Gasteiger partial charge in [0.2, 0.25) is 5.75 Å². The summed E-state index contributed by atoms with van der Waals surface area (Å²) in [6, 6.07) is 9.30. The molecule has 2 aromatic carbocycles. The lowest BCUT2D eigenvalue weighted by Gasteiger charge is -2.15. The number of rotatable bonds is 7. The number of ether oxygens (including phenoxy) is 3. The molecule has 0 fully saturated rings. The summed E-state index contributed by atoms with van der Waals surface area (Å²) >= 11 is 0. The van der Waals surface area contributed by atoms with Crippen LogP contribution < -0.4 is 24.8 Å². The van der Waals surface area contributed by atoms with Crippen molar-refractivity contribution in [3.8, 4) is 17.2 Å². The molecule has 0 aliphatic rings. The van der Waals surface area contributed by atoms with E-state index in [4.69, 9.17) is 14.2 Å². The maximum absolute atomic E-state index is 13.5. The molecule has 0 saturated carbocycles. The number of amides is 2. The van der Waals surface area contributed by atoms with Crippen LogP contribution in [0.25, 0.3) is 0 Å². The number of carbonyl (C=O) groups excluding carboxylic acids is 1. The van der Waals surface area contributed by atoms with Gasteiger partial charge in [-0.05, 0) is 18.1 Å². The molecule has 2 aromatic rings. The first-order valence-corrected chi connectivity index (χ1v) is 7.67. The van der Waals surface area contributed by atoms with E-state index in [0.717, 1.165) is 0 Å². The lowest BCUT2D eigenvalue weighted by atomic mass is 10.1. The standard InChI is InChI=1S/C18H21FN2O4/c1-23-15-10-13(11-16(24-2)17(15)25-3)21-18(22)20-9-8-12-6-4-5-7-14(12)19/h4-7,10-11H,8-9H2,1-3H3,(H2,20,21,22). The van der Waals surface area contributed by atoms with Crippen molar-refractivity contribution in [2.75, 3.05) is 33.2 Å². The van der Waals surface area contributed by atoms with Gasteiger partial charge in [-0.15, -0.1) is 0 Å². The zero-order valence-corrected chi connectivity index (χ0v) is 14.4. The van der Waals surface area contributed by atoms with Gasteiger partial charge in [0, 0.05) is 18.7 Å². The van der Waals surface area contributed by atoms with Crippen molar-refractivity contribution in [3.05, 3.63) is 47.8 Å². The Kier molecular flexibility index (Phi) is 6.45. The third-order valence-electron chi connectivity index (χ3n) is 3.56. The normalized spacial score (nSPS) is 10.1. The van der Waals surface area contributed by atoms with Crippen LogP contribution in [0.3, 0.4) is 0 Å². The second kappa shape index (κ2) is 8.77. The van der Waals surface area contributed by atoms with Crippen LogP contribution in [0.4, 0.5) is 14.9 Å². The van der Waals surface area contributed by atoms with Gasteiger partial charge in [0.15, 0.2) is 11.5 Å². The maximum atomic E-state index is 13.5. The third kappa shape index (κ3) is 4.76. The quantitative estimate of drug-likeness (QED) is 0.806. The Labute approximate surface area is 145 Å². The summed E-state index contributed by atoms with van der Waals surface area (Å²) in [4.78, 5) is 12.0. The number of benzene rings is 2. The first kappa shape index (κ1) is 18.4. The Morgan fingerprint density at radius 2 is 1.68 bits per heavy atom. The van der Waals surface area contributed by atoms with Gasteiger partial charge in [-0.2, -0.15) is 0 Å². The van der Waals surface area contributed by atoms with Gasteiger partial charge < -0.3 is 24.8 Å². The average Bonchev–Trinajstić information content (AvgIpc) is 2.62. The molecular formula is C18H21FN2O4. The number of nitrogens with one attached hydrogen (secondary N) is 2. The van der Waals surface area contributed by atoms with Crippen LogP contribution in [0.1, 0.15) is 5.56 Å². The van der Waals surface area contributed by atoms with Crippen LogP contribution in [0.15, 0.2) is 36.4 Å². The van der Waals surface area contributed by atoms with Crippen molar-refractivity contribution >= 4 is 11.7 Å². The van der Waals surface area contributed by atoms with Crippen LogP contribution in [0.5, 0.6) is 17.2 Å². The molecule has 0 radical (unpaired) electrons. The Morgan fingerprint density at radius 1 is 1.04 bits per heavy atom. The molecule has 2 N–H and O–H groups in total.